The second-order valence-corrected chi connectivity index (χ2v) is 5.46. The molecule has 100 valence electrons. The van der Waals surface area contributed by atoms with E-state index in [0.29, 0.717) is 0 Å². The Hall–Kier alpha value is -1.49. The molecule has 0 bridgehead atoms. The molecular weight excluding hydrogens is 306 g/mol. The summed E-state index contributed by atoms with van der Waals surface area (Å²) in [5, 5.41) is 3.37. The summed E-state index contributed by atoms with van der Waals surface area (Å²) in [6.07, 6.45) is 4.78. The number of ether oxygens (including phenoxy) is 1. The van der Waals surface area contributed by atoms with Gasteiger partial charge in [-0.1, -0.05) is 15.9 Å². The molecule has 2 heterocycles. The Morgan fingerprint density at radius 3 is 3.21 bits per heavy atom. The van der Waals surface area contributed by atoms with Crippen LogP contribution in [0.3, 0.4) is 0 Å². The minimum atomic E-state index is 0.721. The van der Waals surface area contributed by atoms with E-state index >= 15 is 0 Å². The van der Waals surface area contributed by atoms with Gasteiger partial charge in [0, 0.05) is 41.9 Å². The van der Waals surface area contributed by atoms with Crippen LogP contribution in [0.2, 0.25) is 0 Å². The third-order valence-electron chi connectivity index (χ3n) is 3.32. The van der Waals surface area contributed by atoms with Crippen molar-refractivity contribution < 1.29 is 4.74 Å². The SMILES string of the molecule is CCn1ccnc1NCc1cc(Br)cc2c1OCC2. The summed E-state index contributed by atoms with van der Waals surface area (Å²) in [7, 11) is 0. The van der Waals surface area contributed by atoms with Gasteiger partial charge in [0.15, 0.2) is 0 Å². The Bertz CT molecular complexity index is 594. The van der Waals surface area contributed by atoms with Crippen LogP contribution >= 0.6 is 15.9 Å². The maximum atomic E-state index is 5.72. The molecular formula is C14H16BrN3O. The predicted octanol–water partition coefficient (Wildman–Crippen LogP) is 3.21. The zero-order chi connectivity index (χ0) is 13.2. The molecule has 1 aromatic carbocycles. The second kappa shape index (κ2) is 5.25. The minimum absolute atomic E-state index is 0.721. The maximum Gasteiger partial charge on any atom is 0.203 e. The van der Waals surface area contributed by atoms with E-state index in [1.165, 1.54) is 11.1 Å². The summed E-state index contributed by atoms with van der Waals surface area (Å²) < 4.78 is 8.91. The zero-order valence-electron chi connectivity index (χ0n) is 10.8. The van der Waals surface area contributed by atoms with E-state index in [2.05, 4.69) is 49.9 Å². The van der Waals surface area contributed by atoms with Crippen LogP contribution < -0.4 is 10.1 Å². The fraction of sp³-hybridized carbons (Fsp3) is 0.357. The van der Waals surface area contributed by atoms with Gasteiger partial charge in [-0.2, -0.15) is 0 Å². The molecule has 0 saturated heterocycles. The molecule has 1 N–H and O–H groups in total. The molecule has 5 heteroatoms. The number of anilines is 1. The number of nitrogens with zero attached hydrogens (tertiary/aromatic N) is 2. The van der Waals surface area contributed by atoms with Crippen molar-refractivity contribution in [2.45, 2.75) is 26.4 Å². The van der Waals surface area contributed by atoms with E-state index in [9.17, 15) is 0 Å². The molecule has 0 unspecified atom stereocenters. The quantitative estimate of drug-likeness (QED) is 0.939. The van der Waals surface area contributed by atoms with Crippen molar-refractivity contribution >= 4 is 21.9 Å². The smallest absolute Gasteiger partial charge is 0.203 e. The molecule has 1 aromatic heterocycles. The summed E-state index contributed by atoms with van der Waals surface area (Å²) in [5.74, 6) is 1.93. The first-order chi connectivity index (χ1) is 9.28. The fourth-order valence-corrected chi connectivity index (χ4v) is 2.94. The minimum Gasteiger partial charge on any atom is -0.493 e. The molecule has 0 amide bonds. The van der Waals surface area contributed by atoms with E-state index in [0.717, 1.165) is 42.3 Å². The van der Waals surface area contributed by atoms with Gasteiger partial charge in [0.05, 0.1) is 6.61 Å². The number of aryl methyl sites for hydroxylation is 1. The van der Waals surface area contributed by atoms with Gasteiger partial charge >= 0.3 is 0 Å². The van der Waals surface area contributed by atoms with Crippen molar-refractivity contribution in [3.05, 3.63) is 40.1 Å². The largest absolute Gasteiger partial charge is 0.493 e. The molecule has 1 aliphatic heterocycles. The third-order valence-corrected chi connectivity index (χ3v) is 3.78. The van der Waals surface area contributed by atoms with Gasteiger partial charge in [0.2, 0.25) is 5.95 Å². The number of fused-ring (bicyclic) bond motifs is 1. The molecule has 3 rings (SSSR count). The van der Waals surface area contributed by atoms with Crippen molar-refractivity contribution in [1.29, 1.82) is 0 Å². The molecule has 2 aromatic rings. The second-order valence-electron chi connectivity index (χ2n) is 4.54. The van der Waals surface area contributed by atoms with E-state index in [1.54, 1.807) is 0 Å². The first kappa shape index (κ1) is 12.5. The number of imidazole rings is 1. The van der Waals surface area contributed by atoms with Crippen LogP contribution in [0.25, 0.3) is 0 Å². The zero-order valence-corrected chi connectivity index (χ0v) is 12.4. The van der Waals surface area contributed by atoms with Crippen LogP contribution in [0.15, 0.2) is 29.0 Å². The van der Waals surface area contributed by atoms with Gasteiger partial charge in [0.1, 0.15) is 5.75 Å². The predicted molar refractivity (Wildman–Crippen MR) is 78.6 cm³/mol. The van der Waals surface area contributed by atoms with Crippen molar-refractivity contribution in [2.24, 2.45) is 0 Å². The monoisotopic (exact) mass is 321 g/mol. The Morgan fingerprint density at radius 1 is 1.47 bits per heavy atom. The summed E-state index contributed by atoms with van der Waals surface area (Å²) >= 11 is 3.56. The van der Waals surface area contributed by atoms with Crippen LogP contribution in [0, 0.1) is 0 Å². The summed E-state index contributed by atoms with van der Waals surface area (Å²) in [6, 6.07) is 4.25. The molecule has 0 fully saturated rings. The number of hydrogen-bond acceptors (Lipinski definition) is 3. The lowest BCUT2D eigenvalue weighted by Gasteiger charge is -2.11. The third kappa shape index (κ3) is 2.47. The van der Waals surface area contributed by atoms with Gasteiger partial charge < -0.3 is 14.6 Å². The lowest BCUT2D eigenvalue weighted by Crippen LogP contribution is -2.07. The normalized spacial score (nSPS) is 13.2. The molecule has 0 aliphatic carbocycles. The first-order valence-corrected chi connectivity index (χ1v) is 7.26. The highest BCUT2D eigenvalue weighted by atomic mass is 79.9. The summed E-state index contributed by atoms with van der Waals surface area (Å²) in [4.78, 5) is 4.32. The Morgan fingerprint density at radius 2 is 2.37 bits per heavy atom. The highest BCUT2D eigenvalue weighted by Crippen LogP contribution is 2.33. The number of halogens is 1. The first-order valence-electron chi connectivity index (χ1n) is 6.47. The van der Waals surface area contributed by atoms with Gasteiger partial charge in [-0.15, -0.1) is 0 Å². The van der Waals surface area contributed by atoms with Crippen LogP contribution in [0.4, 0.5) is 5.95 Å². The van der Waals surface area contributed by atoms with Gasteiger partial charge in [-0.3, -0.25) is 0 Å². The van der Waals surface area contributed by atoms with Crippen molar-refractivity contribution in [1.82, 2.24) is 9.55 Å². The molecule has 0 saturated carbocycles. The van der Waals surface area contributed by atoms with Crippen molar-refractivity contribution in [3.63, 3.8) is 0 Å². The Kier molecular flexibility index (Phi) is 3.46. The van der Waals surface area contributed by atoms with Gasteiger partial charge in [0.25, 0.3) is 0 Å². The molecule has 4 nitrogen and oxygen atoms in total. The standard InChI is InChI=1S/C14H16BrN3O/c1-2-18-5-4-16-14(18)17-9-11-8-12(15)7-10-3-6-19-13(10)11/h4-5,7-8H,2-3,6,9H2,1H3,(H,16,17). The van der Waals surface area contributed by atoms with Crippen LogP contribution in [0.1, 0.15) is 18.1 Å². The highest BCUT2D eigenvalue weighted by molar-refractivity contribution is 9.10. The lowest BCUT2D eigenvalue weighted by molar-refractivity contribution is 0.354. The number of aromatic nitrogens is 2. The van der Waals surface area contributed by atoms with Crippen LogP contribution in [0.5, 0.6) is 5.75 Å². The molecule has 0 spiro atoms. The van der Waals surface area contributed by atoms with E-state index < -0.39 is 0 Å². The highest BCUT2D eigenvalue weighted by Gasteiger charge is 2.17. The van der Waals surface area contributed by atoms with Gasteiger partial charge in [-0.25, -0.2) is 4.98 Å². The van der Waals surface area contributed by atoms with Crippen molar-refractivity contribution in [2.75, 3.05) is 11.9 Å². The van der Waals surface area contributed by atoms with Gasteiger partial charge in [-0.05, 0) is 24.6 Å². The van der Waals surface area contributed by atoms with Crippen molar-refractivity contribution in [3.8, 4) is 5.75 Å². The molecule has 0 atom stereocenters. The van der Waals surface area contributed by atoms with E-state index in [1.807, 2.05) is 12.4 Å². The number of hydrogen-bond donors (Lipinski definition) is 1. The van der Waals surface area contributed by atoms with Crippen LogP contribution in [-0.2, 0) is 19.5 Å². The van der Waals surface area contributed by atoms with E-state index in [4.69, 9.17) is 4.74 Å². The van der Waals surface area contributed by atoms with E-state index in [-0.39, 0.29) is 0 Å². The summed E-state index contributed by atoms with van der Waals surface area (Å²) in [6.45, 7) is 4.52. The average Bonchev–Trinajstić information content (AvgIpc) is 3.03. The topological polar surface area (TPSA) is 39.1 Å². The molecule has 0 radical (unpaired) electrons. The fourth-order valence-electron chi connectivity index (χ4n) is 2.38. The number of benzene rings is 1. The molecule has 1 aliphatic rings. The Balaban J connectivity index is 1.81. The number of rotatable bonds is 4. The molecule has 19 heavy (non-hydrogen) atoms. The maximum absolute atomic E-state index is 5.72. The average molecular weight is 322 g/mol. The van der Waals surface area contributed by atoms with Crippen LogP contribution in [-0.4, -0.2) is 16.2 Å². The Labute approximate surface area is 120 Å². The summed E-state index contributed by atoms with van der Waals surface area (Å²) in [5.41, 5.74) is 2.46. The lowest BCUT2D eigenvalue weighted by atomic mass is 10.1. The number of nitrogens with one attached hydrogen (secondary N) is 1.